The Morgan fingerprint density at radius 1 is 0.443 bits per heavy atom. The molecule has 8 aliphatic rings. The Balaban J connectivity index is 0.000000179. The number of nitrogens with one attached hydrogen (secondary N) is 4. The maximum absolute atomic E-state index is 15.3. The van der Waals surface area contributed by atoms with Crippen molar-refractivity contribution in [3.8, 4) is 0 Å². The quantitative estimate of drug-likeness (QED) is 0.00681. The van der Waals surface area contributed by atoms with Gasteiger partial charge in [0.05, 0.1) is 50.7 Å². The molecule has 0 bridgehead atoms. The SMILES string of the molecule is C.C.CC[C@H]1O[C@@H](n2cnc3c(NC4CCCC4)nc(C(O)c4ccccc4)nc32)[C@@H](F)[C@@H]1C.CC[C@H]1O[C@@H](n2cnc3c(NC4CCCC4)nc(C=O)nc32)[C@@H](F)[C@@H]1C.O=P(Cl)(Cl)CP(=O)(Cl)Cl.O=P(O)(O)CP(=O)(O)OC[C@H]1O[C@@H](n2cnc3c(NC4CCCC4)nc(C(O)c4ccccc4)nc32)[C@@H](F)[C@@H]1O.OC[C@H]1O[C@@H](n2cnc3c(NC4CCCC4)nc(C(O)c4ccccc4)nc32)[C@@H](F)[C@@H]1O.[Br-].[Mg+2].[c-]1ccccc1. The maximum atomic E-state index is 15.3. The number of aliphatic hydroxyl groups is 6. The van der Waals surface area contributed by atoms with Crippen molar-refractivity contribution in [3.05, 3.63) is 193 Å². The monoisotopic (exact) mass is 2300 g/mol. The van der Waals surface area contributed by atoms with Gasteiger partial charge in [0, 0.05) is 36.0 Å². The van der Waals surface area contributed by atoms with Crippen LogP contribution in [0.15, 0.2) is 147 Å². The third kappa shape index (κ3) is 30.6. The van der Waals surface area contributed by atoms with Gasteiger partial charge >= 0.3 is 38.2 Å². The van der Waals surface area contributed by atoms with Crippen molar-refractivity contribution in [2.75, 3.05) is 46.3 Å². The summed E-state index contributed by atoms with van der Waals surface area (Å²) in [5.74, 6) is -6.66. The number of hydrogen-bond donors (Lipinski definition) is 13. The van der Waals surface area contributed by atoms with Gasteiger partial charge in [-0.05, 0) is 126 Å². The second-order valence-electron chi connectivity index (χ2n) is 36.9. The number of anilines is 4. The molecule has 8 fully saturated rings. The van der Waals surface area contributed by atoms with Crippen molar-refractivity contribution >= 4 is 169 Å². The van der Waals surface area contributed by atoms with Crippen LogP contribution in [0.5, 0.6) is 0 Å². The Hall–Kier alpha value is -7.56. The van der Waals surface area contributed by atoms with Crippen molar-refractivity contribution in [1.29, 1.82) is 0 Å². The molecule has 0 radical (unpaired) electrons. The number of halogens is 9. The van der Waals surface area contributed by atoms with E-state index in [2.05, 4.69) is 87.1 Å². The molecule has 13 N–H and O–H groups in total. The Labute approximate surface area is 904 Å². The third-order valence-electron chi connectivity index (χ3n) is 26.5. The fraction of sp³-hybridized carbons (Fsp3) is 0.531. The largest absolute Gasteiger partial charge is 2.00 e. The van der Waals surface area contributed by atoms with Crippen LogP contribution >= 0.6 is 71.8 Å². The molecule has 4 unspecified atom stereocenters. The van der Waals surface area contributed by atoms with Crippen molar-refractivity contribution < 1.29 is 126 Å². The molecule has 8 aromatic heterocycles. The van der Waals surface area contributed by atoms with Crippen LogP contribution < -0.4 is 38.2 Å². The fourth-order valence-corrected chi connectivity index (χ4v) is 30.4. The smallest absolute Gasteiger partial charge is 1.00 e. The summed E-state index contributed by atoms with van der Waals surface area (Å²) in [6.45, 7) is 6.41. The number of hydrogen-bond acceptors (Lipinski definition) is 32. The molecule has 20 rings (SSSR count). The van der Waals surface area contributed by atoms with Crippen LogP contribution in [0, 0.1) is 17.9 Å². The zero-order valence-corrected chi connectivity index (χ0v) is 90.0. The van der Waals surface area contributed by atoms with Crippen LogP contribution in [0.25, 0.3) is 44.7 Å². The van der Waals surface area contributed by atoms with E-state index in [1.165, 1.54) is 53.8 Å². The maximum Gasteiger partial charge on any atom is 2.00 e. The van der Waals surface area contributed by atoms with Crippen LogP contribution in [0.2, 0.25) is 0 Å². The Morgan fingerprint density at radius 2 is 0.732 bits per heavy atom. The number of rotatable bonds is 29. The fourth-order valence-electron chi connectivity index (χ4n) is 18.9. The summed E-state index contributed by atoms with van der Waals surface area (Å²) in [5.41, 5.74) is 5.01. The zero-order valence-electron chi connectivity index (χ0n) is 80.4. The van der Waals surface area contributed by atoms with Gasteiger partial charge in [0.25, 0.3) is 11.7 Å². The molecule has 4 aromatic carbocycles. The second kappa shape index (κ2) is 54.7. The van der Waals surface area contributed by atoms with Gasteiger partial charge in [-0.2, -0.15) is 36.4 Å². The number of fused-ring (bicyclic) bond motifs is 4. The molecule has 808 valence electrons. The number of ether oxygens (including phenoxy) is 4. The van der Waals surface area contributed by atoms with E-state index in [1.54, 1.807) is 57.9 Å². The molecular weight excluding hydrogens is 2180 g/mol. The standard InChI is InChI=1S/C24H30FN5O2.C23H30FN5O9P2.C22H26FN5O4.C18H24FN5O2.C6H5.CH2Cl4O2P2.2CH4.BrH.Mg/c1-3-17-14(2)18(25)24(32-17)30-13-26-19-21(27-16-11-7-8-12-16)28-22(29-23(19)30)20(31)15-9-5-4-6-10-15;24-16-19(31)15(10-37-40(35,36)12-39(32,33)34)38-23(16)29-11-25-17-20(26-14-8-4-5-9-14)27-21(28-22(17)29)18(30)13-6-2-1-3-7-13;23-15-18(31)14(10-29)32-22(15)28-11-24-16-19(25-13-8-4-5-9-13)26-20(27-21(16)28)17(30)12-6-2-1-3-7-12;1-3-12-10(2)14(19)18(26-12)24-9-20-15-16(21-11-6-4-5-7-11)22-13(8-25)23-17(15)24;1-2-4-6-5-3-1;2-8(3,6)1-9(4,5)7;;;;/h4-6,9-10,13-14,16-18,20,24,31H,3,7-8,11-12H2,1-2H3,(H,27,28,29);1-3,6-7,11,14-16,18-19,23,30-31H,4-5,8-10,12H2,(H,35,36)(H,26,27,28)(H2,32,33,34);1-3,6-7,11,13-15,17-18,22,29-31H,4-5,8-10H2,(H,25,26,27);8-12,14,18H,3-7H2,1-2H3,(H,21,22,23);1-5H;1H2;2*1H4;1H;/q;;;;-1;;;;;+2/p-1/t14-,17-,18+,20?,24-;15-,16+,18?,19-,23-;14-,15+,17?,18-,22-;10-,12-,14+,18-;;;;;;/m1111....../s1. The minimum Gasteiger partial charge on any atom is -1.00 e. The molecule has 0 amide bonds. The Kier molecular flexibility index (Phi) is 44.6. The molecule has 39 nitrogen and oxygen atoms in total. The first-order valence-electron chi connectivity index (χ1n) is 48.1. The molecule has 20 atom stereocenters. The number of carbonyl (C=O) groups excluding carboxylic acids is 1. The van der Waals surface area contributed by atoms with Crippen LogP contribution in [0.1, 0.15) is 246 Å². The molecule has 0 spiro atoms. The van der Waals surface area contributed by atoms with E-state index < -0.39 is 144 Å². The van der Waals surface area contributed by atoms with Gasteiger partial charge in [0.1, 0.15) is 48.6 Å². The molecule has 12 heterocycles. The summed E-state index contributed by atoms with van der Waals surface area (Å²) in [6.07, 6.45) is 5.30. The first kappa shape index (κ1) is 122. The van der Waals surface area contributed by atoms with E-state index in [0.717, 1.165) is 89.9 Å². The molecule has 4 aliphatic carbocycles. The van der Waals surface area contributed by atoms with Crippen LogP contribution in [-0.2, 0) is 41.7 Å². The molecule has 12 aromatic rings. The van der Waals surface area contributed by atoms with Crippen molar-refractivity contribution in [1.82, 2.24) is 78.1 Å². The summed E-state index contributed by atoms with van der Waals surface area (Å²) < 4.78 is 138. The van der Waals surface area contributed by atoms with Gasteiger partial charge in [-0.1, -0.05) is 185 Å². The van der Waals surface area contributed by atoms with E-state index in [4.69, 9.17) is 78.2 Å². The minimum absolute atomic E-state index is 0. The van der Waals surface area contributed by atoms with Gasteiger partial charge in [-0.25, -0.2) is 77.4 Å². The second-order valence-corrected chi connectivity index (χ2v) is 51.9. The average Bonchev–Trinajstić information content (AvgIpc) is 1.62. The van der Waals surface area contributed by atoms with E-state index in [-0.39, 0.29) is 126 Å². The average molecular weight is 2310 g/mol. The number of imidazole rings is 4. The van der Waals surface area contributed by atoms with E-state index in [9.17, 15) is 67.4 Å². The van der Waals surface area contributed by atoms with Crippen molar-refractivity contribution in [2.45, 2.75) is 287 Å². The van der Waals surface area contributed by atoms with E-state index in [0.29, 0.717) is 91.7 Å². The predicted octanol–water partition coefficient (Wildman–Crippen LogP) is 15.5. The number of nitrogens with zero attached hydrogens (tertiary/aromatic N) is 16. The van der Waals surface area contributed by atoms with Crippen LogP contribution in [0.3, 0.4) is 0 Å². The molecule has 4 aliphatic heterocycles. The van der Waals surface area contributed by atoms with Crippen molar-refractivity contribution in [3.63, 3.8) is 0 Å². The number of alkyl halides is 4. The molecule has 53 heteroatoms. The first-order valence-corrected chi connectivity index (χ1v) is 59.1. The van der Waals surface area contributed by atoms with Gasteiger partial charge in [0.2, 0.25) is 0 Å². The topological polar surface area (TPSA) is 536 Å². The van der Waals surface area contributed by atoms with Gasteiger partial charge in [0.15, 0.2) is 153 Å². The van der Waals surface area contributed by atoms with Gasteiger partial charge < -0.3 is 107 Å². The van der Waals surface area contributed by atoms with Gasteiger partial charge in [-0.3, -0.25) is 41.3 Å². The number of benzene rings is 4. The first-order chi connectivity index (χ1) is 69.4. The van der Waals surface area contributed by atoms with Crippen LogP contribution in [-0.4, -0.2) is 263 Å². The number of aldehydes is 1. The number of carbonyl (C=O) groups is 1. The predicted molar refractivity (Wildman–Crippen MR) is 556 cm³/mol. The van der Waals surface area contributed by atoms with E-state index >= 15 is 8.78 Å². The molecule has 4 saturated carbocycles. The summed E-state index contributed by atoms with van der Waals surface area (Å²) in [7, 11) is -9.63. The normalized spacial score (nSPS) is 25.1. The van der Waals surface area contributed by atoms with Crippen molar-refractivity contribution in [2.24, 2.45) is 11.8 Å². The minimum atomic E-state index is -4.87. The third-order valence-corrected chi connectivity index (χ3v) is 36.4. The van der Waals surface area contributed by atoms with Crippen LogP contribution in [0.4, 0.5) is 40.8 Å². The number of aromatic nitrogens is 16. The van der Waals surface area contributed by atoms with E-state index in [1.807, 2.05) is 107 Å². The molecular formula is C96H125BrCl4F4MgN20O19P4. The zero-order chi connectivity index (χ0) is 103. The Morgan fingerprint density at radius 3 is 0.993 bits per heavy atom. The summed E-state index contributed by atoms with van der Waals surface area (Å²) in [5, 5.41) is 76.5. The number of aliphatic hydroxyl groups excluding tert-OH is 6. The summed E-state index contributed by atoms with van der Waals surface area (Å²) in [6, 6.07) is 40.6. The molecule has 4 saturated heterocycles. The Bertz CT molecular complexity index is 6290. The summed E-state index contributed by atoms with van der Waals surface area (Å²) >= 11 is 20.0. The van der Waals surface area contributed by atoms with Gasteiger partial charge in [-0.15, -0.1) is 0 Å². The molecule has 149 heavy (non-hydrogen) atoms. The summed E-state index contributed by atoms with van der Waals surface area (Å²) in [4.78, 5) is 92.6.